The van der Waals surface area contributed by atoms with Gasteiger partial charge in [-0.05, 0) is 25.0 Å². The molecule has 2 atom stereocenters. The van der Waals surface area contributed by atoms with Crippen molar-refractivity contribution in [2.24, 2.45) is 0 Å². The summed E-state index contributed by atoms with van der Waals surface area (Å²) in [7, 11) is 0. The van der Waals surface area contributed by atoms with Gasteiger partial charge in [0.2, 0.25) is 0 Å². The highest BCUT2D eigenvalue weighted by atomic mass is 16.8. The van der Waals surface area contributed by atoms with E-state index in [-0.39, 0.29) is 19.3 Å². The van der Waals surface area contributed by atoms with Crippen molar-refractivity contribution in [3.05, 3.63) is 35.4 Å². The van der Waals surface area contributed by atoms with Crippen LogP contribution in [0.15, 0.2) is 24.3 Å². The van der Waals surface area contributed by atoms with Crippen molar-refractivity contribution in [2.75, 3.05) is 6.61 Å². The highest BCUT2D eigenvalue weighted by Gasteiger charge is 2.42. The quantitative estimate of drug-likeness (QED) is 0.835. The van der Waals surface area contributed by atoms with Crippen LogP contribution in [0.2, 0.25) is 0 Å². The summed E-state index contributed by atoms with van der Waals surface area (Å²) in [5.74, 6) is -0.708. The molecular weight excluding hydrogens is 220 g/mol. The highest BCUT2D eigenvalue weighted by Crippen LogP contribution is 2.39. The Bertz CT molecular complexity index is 389. The van der Waals surface area contributed by atoms with Gasteiger partial charge in [0.1, 0.15) is 12.2 Å². The summed E-state index contributed by atoms with van der Waals surface area (Å²) in [5, 5.41) is 18.6. The lowest BCUT2D eigenvalue weighted by Crippen LogP contribution is -2.23. The number of ether oxygens (including phenoxy) is 2. The summed E-state index contributed by atoms with van der Waals surface area (Å²) in [6, 6.07) is 7.49. The second-order valence-corrected chi connectivity index (χ2v) is 4.63. The molecule has 4 nitrogen and oxygen atoms in total. The summed E-state index contributed by atoms with van der Waals surface area (Å²) in [5.41, 5.74) is 1.68. The van der Waals surface area contributed by atoms with Gasteiger partial charge >= 0.3 is 0 Å². The summed E-state index contributed by atoms with van der Waals surface area (Å²) in [6.07, 6.45) is -0.726. The molecular formula is C13H18O4. The number of aliphatic hydroxyl groups is 2. The maximum Gasteiger partial charge on any atom is 0.164 e. The molecule has 0 aliphatic carbocycles. The van der Waals surface area contributed by atoms with Crippen LogP contribution in [0.25, 0.3) is 0 Å². The molecule has 1 fully saturated rings. The number of hydrogen-bond donors (Lipinski definition) is 2. The molecule has 2 rings (SSSR count). The lowest BCUT2D eigenvalue weighted by Gasteiger charge is -2.18. The zero-order chi connectivity index (χ0) is 12.5. The minimum atomic E-state index is -0.708. The van der Waals surface area contributed by atoms with E-state index in [1.54, 1.807) is 0 Å². The summed E-state index contributed by atoms with van der Waals surface area (Å²) in [4.78, 5) is 0. The van der Waals surface area contributed by atoms with Crippen LogP contribution in [0.3, 0.4) is 0 Å². The largest absolute Gasteiger partial charge is 0.394 e. The molecule has 1 heterocycles. The maximum absolute atomic E-state index is 9.33. The van der Waals surface area contributed by atoms with Crippen molar-refractivity contribution in [2.45, 2.75) is 38.4 Å². The van der Waals surface area contributed by atoms with E-state index in [4.69, 9.17) is 9.47 Å². The van der Waals surface area contributed by atoms with Crippen molar-refractivity contribution in [1.82, 2.24) is 0 Å². The first kappa shape index (κ1) is 12.5. The molecule has 94 valence electrons. The van der Waals surface area contributed by atoms with Crippen molar-refractivity contribution in [3.63, 3.8) is 0 Å². The van der Waals surface area contributed by atoms with Gasteiger partial charge in [-0.3, -0.25) is 0 Å². The Kier molecular flexibility index (Phi) is 3.49. The second-order valence-electron chi connectivity index (χ2n) is 4.63. The van der Waals surface area contributed by atoms with E-state index in [1.807, 2.05) is 38.1 Å². The summed E-state index contributed by atoms with van der Waals surface area (Å²) in [6.45, 7) is 3.48. The van der Waals surface area contributed by atoms with Gasteiger partial charge < -0.3 is 19.7 Å². The van der Waals surface area contributed by atoms with E-state index in [0.717, 1.165) is 11.1 Å². The first-order valence-electron chi connectivity index (χ1n) is 5.72. The van der Waals surface area contributed by atoms with Crippen LogP contribution >= 0.6 is 0 Å². The smallest absolute Gasteiger partial charge is 0.164 e. The second kappa shape index (κ2) is 4.74. The molecule has 0 saturated carbocycles. The Morgan fingerprint density at radius 3 is 2.53 bits per heavy atom. The monoisotopic (exact) mass is 238 g/mol. The van der Waals surface area contributed by atoms with Gasteiger partial charge in [0.05, 0.1) is 13.2 Å². The van der Waals surface area contributed by atoms with Crippen LogP contribution in [0, 0.1) is 0 Å². The number of hydrogen-bond acceptors (Lipinski definition) is 4. The first-order valence-corrected chi connectivity index (χ1v) is 5.72. The van der Waals surface area contributed by atoms with Gasteiger partial charge in [-0.25, -0.2) is 0 Å². The topological polar surface area (TPSA) is 58.9 Å². The molecule has 0 bridgehead atoms. The van der Waals surface area contributed by atoms with E-state index in [2.05, 4.69) is 0 Å². The molecule has 1 aromatic rings. The molecule has 1 aromatic carbocycles. The van der Waals surface area contributed by atoms with Crippen LogP contribution in [0.5, 0.6) is 0 Å². The molecule has 0 unspecified atom stereocenters. The molecule has 4 heteroatoms. The Morgan fingerprint density at radius 2 is 1.88 bits per heavy atom. The van der Waals surface area contributed by atoms with Crippen molar-refractivity contribution >= 4 is 0 Å². The number of rotatable bonds is 3. The molecule has 0 radical (unpaired) electrons. The average Bonchev–Trinajstić information content (AvgIpc) is 2.64. The van der Waals surface area contributed by atoms with Crippen LogP contribution in [0.4, 0.5) is 0 Å². The van der Waals surface area contributed by atoms with E-state index < -0.39 is 11.9 Å². The van der Waals surface area contributed by atoms with Gasteiger partial charge in [-0.2, -0.15) is 0 Å². The Labute approximate surface area is 101 Å². The van der Waals surface area contributed by atoms with Crippen LogP contribution in [-0.2, 0) is 16.1 Å². The molecule has 0 aromatic heterocycles. The Morgan fingerprint density at radius 1 is 1.18 bits per heavy atom. The van der Waals surface area contributed by atoms with Gasteiger partial charge in [-0.1, -0.05) is 24.3 Å². The standard InChI is InChI=1S/C13H18O4/c1-13(2)16-11(8-15)12(17-13)10-6-4-3-5-9(10)7-14/h3-6,11-12,14-15H,7-8H2,1-2H3/t11-,12-/m1/s1. The fourth-order valence-corrected chi connectivity index (χ4v) is 2.19. The Hall–Kier alpha value is -0.940. The van der Waals surface area contributed by atoms with E-state index in [9.17, 15) is 10.2 Å². The van der Waals surface area contributed by atoms with Crippen LogP contribution < -0.4 is 0 Å². The molecule has 1 saturated heterocycles. The lowest BCUT2D eigenvalue weighted by atomic mass is 9.99. The maximum atomic E-state index is 9.33. The SMILES string of the molecule is CC1(C)O[C@H](c2ccccc2CO)[C@@H](CO)O1. The third-order valence-corrected chi connectivity index (χ3v) is 2.90. The van der Waals surface area contributed by atoms with Crippen molar-refractivity contribution < 1.29 is 19.7 Å². The van der Waals surface area contributed by atoms with E-state index >= 15 is 0 Å². The predicted octanol–water partition coefficient (Wildman–Crippen LogP) is 1.36. The zero-order valence-electron chi connectivity index (χ0n) is 10.1. The summed E-state index contributed by atoms with van der Waals surface area (Å²) < 4.78 is 11.4. The highest BCUT2D eigenvalue weighted by molar-refractivity contribution is 5.30. The van der Waals surface area contributed by atoms with Gasteiger partial charge in [-0.15, -0.1) is 0 Å². The van der Waals surface area contributed by atoms with Gasteiger partial charge in [0.15, 0.2) is 5.79 Å². The zero-order valence-corrected chi connectivity index (χ0v) is 10.1. The minimum absolute atomic E-state index is 0.0470. The molecule has 1 aliphatic heterocycles. The van der Waals surface area contributed by atoms with E-state index in [1.165, 1.54) is 0 Å². The fraction of sp³-hybridized carbons (Fsp3) is 0.538. The molecule has 2 N–H and O–H groups in total. The predicted molar refractivity (Wildman–Crippen MR) is 62.2 cm³/mol. The van der Waals surface area contributed by atoms with Crippen molar-refractivity contribution in [1.29, 1.82) is 0 Å². The average molecular weight is 238 g/mol. The Balaban J connectivity index is 2.32. The number of aliphatic hydroxyl groups excluding tert-OH is 2. The van der Waals surface area contributed by atoms with Crippen molar-refractivity contribution in [3.8, 4) is 0 Å². The third-order valence-electron chi connectivity index (χ3n) is 2.90. The van der Waals surface area contributed by atoms with Gasteiger partial charge in [0, 0.05) is 0 Å². The van der Waals surface area contributed by atoms with Crippen LogP contribution in [0.1, 0.15) is 31.1 Å². The van der Waals surface area contributed by atoms with E-state index in [0.29, 0.717) is 0 Å². The minimum Gasteiger partial charge on any atom is -0.394 e. The van der Waals surface area contributed by atoms with Gasteiger partial charge in [0.25, 0.3) is 0 Å². The lowest BCUT2D eigenvalue weighted by molar-refractivity contribution is -0.149. The molecule has 17 heavy (non-hydrogen) atoms. The summed E-state index contributed by atoms with van der Waals surface area (Å²) >= 11 is 0. The normalized spacial score (nSPS) is 27.3. The molecule has 1 aliphatic rings. The first-order chi connectivity index (χ1) is 8.07. The van der Waals surface area contributed by atoms with Crippen LogP contribution in [-0.4, -0.2) is 28.7 Å². The molecule has 0 spiro atoms. The fourth-order valence-electron chi connectivity index (χ4n) is 2.19. The number of benzene rings is 1. The molecule has 0 amide bonds. The third kappa shape index (κ3) is 2.50.